The van der Waals surface area contributed by atoms with Gasteiger partial charge in [0.25, 0.3) is 0 Å². The van der Waals surface area contributed by atoms with Gasteiger partial charge in [-0.25, -0.2) is 9.59 Å². The number of carboxylic acid groups (broad SMARTS) is 1. The van der Waals surface area contributed by atoms with Gasteiger partial charge in [-0.2, -0.15) is 5.10 Å². The number of amides is 1. The second kappa shape index (κ2) is 7.35. The molecule has 1 atom stereocenters. The fourth-order valence-electron chi connectivity index (χ4n) is 2.04. The molecule has 0 saturated carbocycles. The van der Waals surface area contributed by atoms with Crippen LogP contribution in [0.15, 0.2) is 36.5 Å². The number of hydrogen-bond acceptors (Lipinski definition) is 4. The van der Waals surface area contributed by atoms with Crippen LogP contribution in [0.1, 0.15) is 18.2 Å². The molecule has 2 rings (SSSR count). The SMILES string of the molecule is Cc1nn(CC(C)(NC(=O)OCc2ccccc2)C(=O)O)cc1Cl. The molecule has 0 aliphatic heterocycles. The van der Waals surface area contributed by atoms with Crippen LogP contribution < -0.4 is 5.32 Å². The summed E-state index contributed by atoms with van der Waals surface area (Å²) in [7, 11) is 0. The zero-order valence-corrected chi connectivity index (χ0v) is 14.1. The topological polar surface area (TPSA) is 93.5 Å². The highest BCUT2D eigenvalue weighted by Crippen LogP contribution is 2.15. The minimum Gasteiger partial charge on any atom is -0.479 e. The Labute approximate surface area is 144 Å². The van der Waals surface area contributed by atoms with E-state index in [0.29, 0.717) is 10.7 Å². The number of ether oxygens (including phenoxy) is 1. The lowest BCUT2D eigenvalue weighted by Gasteiger charge is -2.25. The molecule has 0 bridgehead atoms. The van der Waals surface area contributed by atoms with Crippen molar-refractivity contribution in [3.05, 3.63) is 52.8 Å². The molecule has 0 saturated heterocycles. The Morgan fingerprint density at radius 3 is 2.58 bits per heavy atom. The van der Waals surface area contributed by atoms with Crippen molar-refractivity contribution in [1.29, 1.82) is 0 Å². The summed E-state index contributed by atoms with van der Waals surface area (Å²) in [6, 6.07) is 9.10. The van der Waals surface area contributed by atoms with E-state index in [-0.39, 0.29) is 13.2 Å². The van der Waals surface area contributed by atoms with Gasteiger partial charge >= 0.3 is 12.1 Å². The second-order valence-corrected chi connectivity index (χ2v) is 5.99. The summed E-state index contributed by atoms with van der Waals surface area (Å²) in [5, 5.41) is 16.4. The highest BCUT2D eigenvalue weighted by Gasteiger charge is 2.36. The number of halogens is 1. The molecule has 1 aromatic carbocycles. The van der Waals surface area contributed by atoms with Crippen LogP contribution in [-0.4, -0.2) is 32.5 Å². The van der Waals surface area contributed by atoms with Crippen LogP contribution in [0.5, 0.6) is 0 Å². The smallest absolute Gasteiger partial charge is 0.408 e. The summed E-state index contributed by atoms with van der Waals surface area (Å²) < 4.78 is 6.45. The summed E-state index contributed by atoms with van der Waals surface area (Å²) in [5.74, 6) is -1.21. The second-order valence-electron chi connectivity index (χ2n) is 5.58. The zero-order chi connectivity index (χ0) is 17.7. The predicted octanol–water partition coefficient (Wildman–Crippen LogP) is 2.61. The predicted molar refractivity (Wildman–Crippen MR) is 87.8 cm³/mol. The highest BCUT2D eigenvalue weighted by atomic mass is 35.5. The first kappa shape index (κ1) is 17.8. The third-order valence-electron chi connectivity index (χ3n) is 3.43. The van der Waals surface area contributed by atoms with Crippen molar-refractivity contribution in [3.63, 3.8) is 0 Å². The van der Waals surface area contributed by atoms with Gasteiger partial charge < -0.3 is 15.2 Å². The molecule has 0 aliphatic rings. The largest absolute Gasteiger partial charge is 0.479 e. The number of hydrogen-bond donors (Lipinski definition) is 2. The van der Waals surface area contributed by atoms with Crippen LogP contribution in [0.3, 0.4) is 0 Å². The summed E-state index contributed by atoms with van der Waals surface area (Å²) >= 11 is 5.92. The molecule has 1 unspecified atom stereocenters. The number of benzene rings is 1. The first-order valence-electron chi connectivity index (χ1n) is 7.22. The molecule has 2 aromatic rings. The van der Waals surface area contributed by atoms with Gasteiger partial charge in [-0.15, -0.1) is 0 Å². The first-order chi connectivity index (χ1) is 11.3. The van der Waals surface area contributed by atoms with E-state index >= 15 is 0 Å². The molecular weight excluding hydrogens is 334 g/mol. The lowest BCUT2D eigenvalue weighted by atomic mass is 10.0. The third-order valence-corrected chi connectivity index (χ3v) is 3.80. The average molecular weight is 352 g/mol. The number of carboxylic acids is 1. The number of nitrogens with zero attached hydrogens (tertiary/aromatic N) is 2. The average Bonchev–Trinajstić information content (AvgIpc) is 2.83. The lowest BCUT2D eigenvalue weighted by molar-refractivity contribution is -0.144. The maximum Gasteiger partial charge on any atom is 0.408 e. The van der Waals surface area contributed by atoms with E-state index in [4.69, 9.17) is 16.3 Å². The van der Waals surface area contributed by atoms with Crippen LogP contribution in [0.4, 0.5) is 4.79 Å². The normalized spacial score (nSPS) is 13.1. The standard InChI is InChI=1S/C16H18ClN3O4/c1-11-13(17)8-20(19-11)10-16(2,14(21)22)18-15(23)24-9-12-6-4-3-5-7-12/h3-8H,9-10H2,1-2H3,(H,18,23)(H,21,22). The van der Waals surface area contributed by atoms with Crippen molar-refractivity contribution < 1.29 is 19.4 Å². The molecule has 0 radical (unpaired) electrons. The fourth-order valence-corrected chi connectivity index (χ4v) is 2.19. The number of rotatable bonds is 6. The third kappa shape index (κ3) is 4.48. The van der Waals surface area contributed by atoms with Crippen LogP contribution in [0.2, 0.25) is 5.02 Å². The monoisotopic (exact) mass is 351 g/mol. The Balaban J connectivity index is 2.01. The maximum absolute atomic E-state index is 11.9. The van der Waals surface area contributed by atoms with Crippen molar-refractivity contribution in [3.8, 4) is 0 Å². The van der Waals surface area contributed by atoms with Gasteiger partial charge in [0.1, 0.15) is 6.61 Å². The highest BCUT2D eigenvalue weighted by molar-refractivity contribution is 6.31. The Bertz CT molecular complexity index is 713. The van der Waals surface area contributed by atoms with E-state index in [1.165, 1.54) is 17.8 Å². The van der Waals surface area contributed by atoms with Gasteiger partial charge in [-0.3, -0.25) is 4.68 Å². The molecule has 2 N–H and O–H groups in total. The lowest BCUT2D eigenvalue weighted by Crippen LogP contribution is -2.55. The van der Waals surface area contributed by atoms with Crippen LogP contribution in [0.25, 0.3) is 0 Å². The van der Waals surface area contributed by atoms with E-state index in [0.717, 1.165) is 5.56 Å². The van der Waals surface area contributed by atoms with E-state index in [9.17, 15) is 14.7 Å². The number of aliphatic carboxylic acids is 1. The molecule has 0 aliphatic carbocycles. The molecule has 1 aromatic heterocycles. The van der Waals surface area contributed by atoms with Crippen molar-refractivity contribution in [2.75, 3.05) is 0 Å². The van der Waals surface area contributed by atoms with Crippen LogP contribution in [0, 0.1) is 6.92 Å². The van der Waals surface area contributed by atoms with E-state index in [1.54, 1.807) is 19.1 Å². The maximum atomic E-state index is 11.9. The van der Waals surface area contributed by atoms with Gasteiger partial charge in [0.2, 0.25) is 0 Å². The molecule has 8 heteroatoms. The Morgan fingerprint density at radius 2 is 2.04 bits per heavy atom. The number of carbonyl (C=O) groups is 2. The minimum absolute atomic E-state index is 0.0507. The molecule has 24 heavy (non-hydrogen) atoms. The van der Waals surface area contributed by atoms with Gasteiger partial charge in [0.15, 0.2) is 5.54 Å². The van der Waals surface area contributed by atoms with Crippen molar-refractivity contribution in [2.24, 2.45) is 0 Å². The van der Waals surface area contributed by atoms with Gasteiger partial charge in [0.05, 0.1) is 17.3 Å². The number of alkyl carbamates (subject to hydrolysis) is 1. The fraction of sp³-hybridized carbons (Fsp3) is 0.312. The number of carbonyl (C=O) groups excluding carboxylic acids is 1. The Hall–Kier alpha value is -2.54. The number of aromatic nitrogens is 2. The Morgan fingerprint density at radius 1 is 1.38 bits per heavy atom. The summed E-state index contributed by atoms with van der Waals surface area (Å²) in [6.45, 7) is 3.05. The van der Waals surface area contributed by atoms with Crippen LogP contribution in [-0.2, 0) is 22.7 Å². The summed E-state index contributed by atoms with van der Waals surface area (Å²) in [5.41, 5.74) is -0.203. The van der Waals surface area contributed by atoms with E-state index in [1.807, 2.05) is 18.2 Å². The van der Waals surface area contributed by atoms with Crippen molar-refractivity contribution >= 4 is 23.7 Å². The van der Waals surface area contributed by atoms with Gasteiger partial charge in [0, 0.05) is 6.20 Å². The molecular formula is C16H18ClN3O4. The van der Waals surface area contributed by atoms with Gasteiger partial charge in [-0.05, 0) is 19.4 Å². The van der Waals surface area contributed by atoms with Crippen LogP contribution >= 0.6 is 11.6 Å². The molecule has 1 heterocycles. The van der Waals surface area contributed by atoms with Gasteiger partial charge in [-0.1, -0.05) is 41.9 Å². The first-order valence-corrected chi connectivity index (χ1v) is 7.60. The summed E-state index contributed by atoms with van der Waals surface area (Å²) in [6.07, 6.45) is 0.688. The molecule has 1 amide bonds. The quantitative estimate of drug-likeness (QED) is 0.834. The number of aryl methyl sites for hydroxylation is 1. The van der Waals surface area contributed by atoms with E-state index < -0.39 is 17.6 Å². The molecule has 0 spiro atoms. The van der Waals surface area contributed by atoms with Crippen molar-refractivity contribution in [2.45, 2.75) is 32.5 Å². The molecule has 0 fully saturated rings. The molecule has 7 nitrogen and oxygen atoms in total. The minimum atomic E-state index is -1.59. The molecule has 128 valence electrons. The van der Waals surface area contributed by atoms with Crippen molar-refractivity contribution in [1.82, 2.24) is 15.1 Å². The summed E-state index contributed by atoms with van der Waals surface area (Å²) in [4.78, 5) is 23.5. The van der Waals surface area contributed by atoms with E-state index in [2.05, 4.69) is 10.4 Å². The Kier molecular flexibility index (Phi) is 5.46. The zero-order valence-electron chi connectivity index (χ0n) is 13.3. The number of nitrogens with one attached hydrogen (secondary N) is 1.